The zero-order chi connectivity index (χ0) is 23.2. The van der Waals surface area contributed by atoms with E-state index in [0.29, 0.717) is 11.1 Å². The van der Waals surface area contributed by atoms with Gasteiger partial charge in [-0.05, 0) is 17.7 Å². The van der Waals surface area contributed by atoms with E-state index < -0.39 is 49.5 Å². The summed E-state index contributed by atoms with van der Waals surface area (Å²) >= 11 is 0. The van der Waals surface area contributed by atoms with Crippen LogP contribution in [0.3, 0.4) is 0 Å². The van der Waals surface area contributed by atoms with Crippen molar-refractivity contribution < 1.29 is 55.1 Å². The lowest BCUT2D eigenvalue weighted by atomic mass is 9.93. The van der Waals surface area contributed by atoms with Gasteiger partial charge in [0.1, 0.15) is 47.8 Å². The molecule has 1 fully saturated rings. The van der Waals surface area contributed by atoms with E-state index in [9.17, 15) is 40.9 Å². The quantitative estimate of drug-likeness (QED) is 0.266. The Morgan fingerprint density at radius 2 is 1.66 bits per heavy atom. The van der Waals surface area contributed by atoms with Crippen molar-refractivity contribution in [2.24, 2.45) is 0 Å². The third-order valence-corrected chi connectivity index (χ3v) is 5.59. The van der Waals surface area contributed by atoms with Crippen LogP contribution in [0.25, 0.3) is 0 Å². The van der Waals surface area contributed by atoms with Crippen LogP contribution in [-0.4, -0.2) is 84.3 Å². The van der Waals surface area contributed by atoms with Crippen LogP contribution in [0, 0.1) is 0 Å². The topological polar surface area (TPSA) is 190 Å². The number of fused-ring (bicyclic) bond motifs is 1. The highest BCUT2D eigenvalue weighted by atomic mass is 16.7. The van der Waals surface area contributed by atoms with E-state index in [0.717, 1.165) is 0 Å². The molecule has 11 heteroatoms. The van der Waals surface area contributed by atoms with Gasteiger partial charge in [-0.25, -0.2) is 0 Å². The third-order valence-electron chi connectivity index (χ3n) is 5.59. The highest BCUT2D eigenvalue weighted by molar-refractivity contribution is 5.52. The number of rotatable bonds is 4. The number of aromatic hydroxyl groups is 3. The Hall–Kier alpha value is -2.80. The lowest BCUT2D eigenvalue weighted by Gasteiger charge is -2.40. The van der Waals surface area contributed by atoms with Crippen molar-refractivity contribution in [3.8, 4) is 28.7 Å². The van der Waals surface area contributed by atoms with Crippen LogP contribution < -0.4 is 9.47 Å². The number of benzene rings is 2. The molecule has 2 aliphatic heterocycles. The second-order valence-electron chi connectivity index (χ2n) is 7.79. The summed E-state index contributed by atoms with van der Waals surface area (Å²) in [5.74, 6) is -0.811. The summed E-state index contributed by atoms with van der Waals surface area (Å²) in [4.78, 5) is 0. The Morgan fingerprint density at radius 3 is 2.34 bits per heavy atom. The van der Waals surface area contributed by atoms with E-state index in [1.807, 2.05) is 0 Å². The summed E-state index contributed by atoms with van der Waals surface area (Å²) in [6, 6.07) is 6.49. The van der Waals surface area contributed by atoms with Crippen molar-refractivity contribution in [1.29, 1.82) is 0 Å². The Kier molecular flexibility index (Phi) is 6.03. The molecule has 0 spiro atoms. The predicted molar refractivity (Wildman–Crippen MR) is 105 cm³/mol. The molecule has 7 atom stereocenters. The van der Waals surface area contributed by atoms with E-state index >= 15 is 0 Å². The molecule has 2 aromatic carbocycles. The second kappa shape index (κ2) is 8.62. The lowest BCUT2D eigenvalue weighted by Crippen LogP contribution is -2.60. The summed E-state index contributed by atoms with van der Waals surface area (Å²) in [7, 11) is 0. The smallest absolute Gasteiger partial charge is 0.229 e. The highest BCUT2D eigenvalue weighted by Crippen LogP contribution is 2.44. The number of phenols is 3. The molecule has 0 bridgehead atoms. The SMILES string of the molecule is OC[C@@H]1O[C@@H](Oc2cc(O)cc3c2C[C@H](O)[C@@H](c2ccc(O)c(O)c2)O3)[C@@H](O)[C@H](O)[C@H]1O. The fraction of sp³-hybridized carbons (Fsp3) is 0.429. The largest absolute Gasteiger partial charge is 0.508 e. The van der Waals surface area contributed by atoms with Gasteiger partial charge >= 0.3 is 0 Å². The standard InChI is InChI=1S/C21H24O11/c22-7-16-17(27)18(28)19(29)21(32-16)31-15-5-9(23)4-14-10(15)6-13(26)20(30-14)8-1-2-11(24)12(25)3-8/h1-5,13,16-29H,6-7H2/t13-,16-,17-,18+,19-,20+,21+/m0/s1. The molecule has 8 N–H and O–H groups in total. The fourth-order valence-corrected chi connectivity index (χ4v) is 3.85. The van der Waals surface area contributed by atoms with Gasteiger partial charge in [-0.3, -0.25) is 0 Å². The lowest BCUT2D eigenvalue weighted by molar-refractivity contribution is -0.277. The molecule has 2 heterocycles. The summed E-state index contributed by atoms with van der Waals surface area (Å²) in [5.41, 5.74) is 0.727. The number of ether oxygens (including phenoxy) is 3. The number of hydrogen-bond donors (Lipinski definition) is 8. The van der Waals surface area contributed by atoms with Gasteiger partial charge in [0.25, 0.3) is 0 Å². The van der Waals surface area contributed by atoms with Crippen LogP contribution in [0.15, 0.2) is 30.3 Å². The maximum absolute atomic E-state index is 10.7. The molecule has 4 rings (SSSR count). The Labute approximate surface area is 181 Å². The summed E-state index contributed by atoms with van der Waals surface area (Å²) < 4.78 is 16.8. The number of phenolic OH excluding ortho intramolecular Hbond substituents is 3. The van der Waals surface area contributed by atoms with Crippen molar-refractivity contribution in [3.63, 3.8) is 0 Å². The maximum atomic E-state index is 10.7. The van der Waals surface area contributed by atoms with Gasteiger partial charge in [-0.1, -0.05) is 6.07 Å². The van der Waals surface area contributed by atoms with Gasteiger partial charge in [0.05, 0.1) is 12.7 Å². The zero-order valence-corrected chi connectivity index (χ0v) is 16.6. The first-order chi connectivity index (χ1) is 15.2. The summed E-state index contributed by atoms with van der Waals surface area (Å²) in [6.07, 6.45) is -9.56. The zero-order valence-electron chi connectivity index (χ0n) is 16.6. The molecule has 0 aromatic heterocycles. The van der Waals surface area contributed by atoms with Gasteiger partial charge in [-0.15, -0.1) is 0 Å². The molecule has 0 unspecified atom stereocenters. The van der Waals surface area contributed by atoms with E-state index in [1.54, 1.807) is 0 Å². The molecule has 174 valence electrons. The first kappa shape index (κ1) is 22.4. The first-order valence-corrected chi connectivity index (χ1v) is 9.89. The van der Waals surface area contributed by atoms with Gasteiger partial charge in [0, 0.05) is 24.1 Å². The molecule has 0 radical (unpaired) electrons. The number of aliphatic hydroxyl groups excluding tert-OH is 5. The van der Waals surface area contributed by atoms with Gasteiger partial charge < -0.3 is 55.1 Å². The molecule has 2 aromatic rings. The van der Waals surface area contributed by atoms with E-state index in [-0.39, 0.29) is 35.2 Å². The van der Waals surface area contributed by atoms with Crippen molar-refractivity contribution >= 4 is 0 Å². The molecule has 1 saturated heterocycles. The van der Waals surface area contributed by atoms with E-state index in [1.165, 1.54) is 30.3 Å². The molecule has 32 heavy (non-hydrogen) atoms. The van der Waals surface area contributed by atoms with Gasteiger partial charge in [0.2, 0.25) is 6.29 Å². The minimum Gasteiger partial charge on any atom is -0.508 e. The van der Waals surface area contributed by atoms with E-state index in [2.05, 4.69) is 0 Å². The normalized spacial score (nSPS) is 32.1. The monoisotopic (exact) mass is 452 g/mol. The second-order valence-corrected chi connectivity index (χ2v) is 7.79. The van der Waals surface area contributed by atoms with Crippen molar-refractivity contribution in [1.82, 2.24) is 0 Å². The average Bonchev–Trinajstić information content (AvgIpc) is 2.76. The third kappa shape index (κ3) is 4.01. The molecular weight excluding hydrogens is 428 g/mol. The maximum Gasteiger partial charge on any atom is 0.229 e. The Morgan fingerprint density at radius 1 is 0.906 bits per heavy atom. The number of aliphatic hydroxyl groups is 5. The first-order valence-electron chi connectivity index (χ1n) is 9.89. The predicted octanol–water partition coefficient (Wildman–Crippen LogP) is -0.981. The molecule has 0 amide bonds. The van der Waals surface area contributed by atoms with E-state index in [4.69, 9.17) is 14.2 Å². The summed E-state index contributed by atoms with van der Waals surface area (Å²) in [6.45, 7) is -0.633. The minimum absolute atomic E-state index is 0.00428. The molecule has 0 aliphatic carbocycles. The van der Waals surface area contributed by atoms with Crippen LogP contribution >= 0.6 is 0 Å². The average molecular weight is 452 g/mol. The van der Waals surface area contributed by atoms with Crippen molar-refractivity contribution in [2.45, 2.75) is 49.3 Å². The van der Waals surface area contributed by atoms with Gasteiger partial charge in [0.15, 0.2) is 11.5 Å². The van der Waals surface area contributed by atoms with Crippen LogP contribution in [0.5, 0.6) is 28.7 Å². The van der Waals surface area contributed by atoms with Crippen LogP contribution in [0.4, 0.5) is 0 Å². The minimum atomic E-state index is -1.66. The van der Waals surface area contributed by atoms with Crippen LogP contribution in [-0.2, 0) is 11.2 Å². The molecular formula is C21H24O11. The molecule has 2 aliphatic rings. The molecule has 11 nitrogen and oxygen atoms in total. The van der Waals surface area contributed by atoms with Crippen molar-refractivity contribution in [3.05, 3.63) is 41.5 Å². The highest BCUT2D eigenvalue weighted by Gasteiger charge is 2.45. The van der Waals surface area contributed by atoms with Crippen molar-refractivity contribution in [2.75, 3.05) is 6.61 Å². The Bertz CT molecular complexity index is 978. The Balaban J connectivity index is 1.62. The summed E-state index contributed by atoms with van der Waals surface area (Å²) in [5, 5.41) is 79.5. The van der Waals surface area contributed by atoms with Crippen LogP contribution in [0.1, 0.15) is 17.2 Å². The fourth-order valence-electron chi connectivity index (χ4n) is 3.85. The van der Waals surface area contributed by atoms with Crippen LogP contribution in [0.2, 0.25) is 0 Å². The number of hydrogen-bond acceptors (Lipinski definition) is 11. The molecule has 0 saturated carbocycles. The van der Waals surface area contributed by atoms with Gasteiger partial charge in [-0.2, -0.15) is 0 Å².